The Morgan fingerprint density at radius 2 is 1.14 bits per heavy atom. The molecule has 0 fully saturated rings. The fourth-order valence-electron chi connectivity index (χ4n) is 2.04. The maximum Gasteiger partial charge on any atom is -0.0149 e. The van der Waals surface area contributed by atoms with Gasteiger partial charge in [0.15, 0.2) is 0 Å². The van der Waals surface area contributed by atoms with E-state index in [1.54, 1.807) is 0 Å². The zero-order valence-electron chi connectivity index (χ0n) is 8.88. The lowest BCUT2D eigenvalue weighted by Crippen LogP contribution is -1.88. The molecular weight excluding hydrogens is 168 g/mol. The molecule has 0 aliphatic rings. The average molecular weight is 184 g/mol. The van der Waals surface area contributed by atoms with Crippen molar-refractivity contribution >= 4 is 10.8 Å². The van der Waals surface area contributed by atoms with Crippen LogP contribution in [0.5, 0.6) is 0 Å². The number of hydrogen-bond donors (Lipinski definition) is 0. The van der Waals surface area contributed by atoms with Gasteiger partial charge in [-0.05, 0) is 34.7 Å². The lowest BCUT2D eigenvalue weighted by atomic mass is 9.97. The molecule has 2 rings (SSSR count). The Hall–Kier alpha value is -1.30. The van der Waals surface area contributed by atoms with Gasteiger partial charge in [-0.2, -0.15) is 0 Å². The topological polar surface area (TPSA) is 0 Å². The van der Waals surface area contributed by atoms with E-state index < -0.39 is 0 Å². The number of rotatable bonds is 2. The summed E-state index contributed by atoms with van der Waals surface area (Å²) in [7, 11) is 0. The first-order valence-electron chi connectivity index (χ1n) is 5.36. The van der Waals surface area contributed by atoms with Crippen LogP contribution in [0.1, 0.15) is 25.0 Å². The number of fused-ring (bicyclic) bond motifs is 1. The first-order valence-corrected chi connectivity index (χ1v) is 5.36. The molecule has 2 aromatic rings. The second kappa shape index (κ2) is 3.83. The summed E-state index contributed by atoms with van der Waals surface area (Å²) < 4.78 is 0. The molecule has 72 valence electrons. The van der Waals surface area contributed by atoms with Crippen molar-refractivity contribution in [2.75, 3.05) is 0 Å². The number of hydrogen-bond acceptors (Lipinski definition) is 0. The van der Waals surface area contributed by atoms with E-state index in [0.717, 1.165) is 12.8 Å². The third kappa shape index (κ3) is 1.41. The van der Waals surface area contributed by atoms with E-state index in [2.05, 4.69) is 50.2 Å². The third-order valence-electron chi connectivity index (χ3n) is 2.87. The van der Waals surface area contributed by atoms with Crippen molar-refractivity contribution < 1.29 is 0 Å². The van der Waals surface area contributed by atoms with E-state index in [4.69, 9.17) is 0 Å². The Kier molecular flexibility index (Phi) is 2.53. The molecule has 0 bridgehead atoms. The Labute approximate surface area is 85.6 Å². The zero-order chi connectivity index (χ0) is 9.97. The average Bonchev–Trinajstić information content (AvgIpc) is 2.27. The van der Waals surface area contributed by atoms with E-state index in [1.807, 2.05) is 0 Å². The van der Waals surface area contributed by atoms with E-state index >= 15 is 0 Å². The van der Waals surface area contributed by atoms with Gasteiger partial charge in [0.05, 0.1) is 0 Å². The van der Waals surface area contributed by atoms with Crippen molar-refractivity contribution in [2.45, 2.75) is 26.7 Å². The van der Waals surface area contributed by atoms with Crippen molar-refractivity contribution in [2.24, 2.45) is 0 Å². The van der Waals surface area contributed by atoms with Gasteiger partial charge in [0.25, 0.3) is 0 Å². The van der Waals surface area contributed by atoms with Crippen LogP contribution in [0.25, 0.3) is 10.8 Å². The van der Waals surface area contributed by atoms with Crippen LogP contribution < -0.4 is 0 Å². The molecule has 0 heteroatoms. The molecule has 14 heavy (non-hydrogen) atoms. The first-order chi connectivity index (χ1) is 6.86. The SMILES string of the molecule is CCc1ccc(CC)c2ccccc12. The Bertz CT molecular complexity index is 398. The molecule has 0 aliphatic heterocycles. The summed E-state index contributed by atoms with van der Waals surface area (Å²) in [5, 5.41) is 2.85. The van der Waals surface area contributed by atoms with Crippen molar-refractivity contribution in [3.05, 3.63) is 47.5 Å². The smallest absolute Gasteiger partial charge is 0.0149 e. The molecule has 0 amide bonds. The monoisotopic (exact) mass is 184 g/mol. The number of benzene rings is 2. The summed E-state index contributed by atoms with van der Waals surface area (Å²) in [6.07, 6.45) is 2.23. The summed E-state index contributed by atoms with van der Waals surface area (Å²) in [5.74, 6) is 0. The Morgan fingerprint density at radius 3 is 1.50 bits per heavy atom. The molecule has 0 atom stereocenters. The van der Waals surface area contributed by atoms with Crippen LogP contribution in [0.2, 0.25) is 0 Å². The minimum Gasteiger partial charge on any atom is -0.0616 e. The van der Waals surface area contributed by atoms with Gasteiger partial charge >= 0.3 is 0 Å². The largest absolute Gasteiger partial charge is 0.0616 e. The van der Waals surface area contributed by atoms with Crippen LogP contribution >= 0.6 is 0 Å². The summed E-state index contributed by atoms with van der Waals surface area (Å²) in [6.45, 7) is 4.43. The highest BCUT2D eigenvalue weighted by Crippen LogP contribution is 2.23. The van der Waals surface area contributed by atoms with Crippen LogP contribution in [0.4, 0.5) is 0 Å². The summed E-state index contributed by atoms with van der Waals surface area (Å²) >= 11 is 0. The second-order valence-corrected chi connectivity index (χ2v) is 3.64. The maximum absolute atomic E-state index is 2.27. The minimum atomic E-state index is 1.12. The molecule has 0 aromatic heterocycles. The van der Waals surface area contributed by atoms with E-state index in [9.17, 15) is 0 Å². The fraction of sp³-hybridized carbons (Fsp3) is 0.286. The number of aryl methyl sites for hydroxylation is 2. The zero-order valence-corrected chi connectivity index (χ0v) is 8.88. The lowest BCUT2D eigenvalue weighted by molar-refractivity contribution is 1.13. The summed E-state index contributed by atoms with van der Waals surface area (Å²) in [6, 6.07) is 13.2. The Morgan fingerprint density at radius 1 is 0.714 bits per heavy atom. The quantitative estimate of drug-likeness (QED) is 0.662. The molecule has 2 aromatic carbocycles. The molecule has 0 spiro atoms. The molecule has 0 radical (unpaired) electrons. The fourth-order valence-corrected chi connectivity index (χ4v) is 2.04. The van der Waals surface area contributed by atoms with Gasteiger partial charge in [0.2, 0.25) is 0 Å². The molecule has 0 N–H and O–H groups in total. The predicted molar refractivity (Wildman–Crippen MR) is 62.7 cm³/mol. The van der Waals surface area contributed by atoms with Crippen LogP contribution in [0.15, 0.2) is 36.4 Å². The molecule has 0 nitrogen and oxygen atoms in total. The maximum atomic E-state index is 2.27. The predicted octanol–water partition coefficient (Wildman–Crippen LogP) is 3.96. The van der Waals surface area contributed by atoms with Gasteiger partial charge in [-0.15, -0.1) is 0 Å². The minimum absolute atomic E-state index is 1.12. The lowest BCUT2D eigenvalue weighted by Gasteiger charge is -2.08. The van der Waals surface area contributed by atoms with E-state index in [0.29, 0.717) is 0 Å². The van der Waals surface area contributed by atoms with Crippen molar-refractivity contribution in [3.8, 4) is 0 Å². The molecule has 0 saturated heterocycles. The third-order valence-corrected chi connectivity index (χ3v) is 2.87. The highest BCUT2D eigenvalue weighted by atomic mass is 14.1. The van der Waals surface area contributed by atoms with Crippen molar-refractivity contribution in [3.63, 3.8) is 0 Å². The standard InChI is InChI=1S/C14H16/c1-3-11-9-10-12(4-2)14-8-6-5-7-13(11)14/h5-10H,3-4H2,1-2H3. The first kappa shape index (κ1) is 9.26. The van der Waals surface area contributed by atoms with Gasteiger partial charge in [-0.3, -0.25) is 0 Å². The normalized spacial score (nSPS) is 10.7. The molecule has 0 saturated carbocycles. The molecule has 0 heterocycles. The highest BCUT2D eigenvalue weighted by molar-refractivity contribution is 5.88. The molecular formula is C14H16. The Balaban J connectivity index is 2.78. The van der Waals surface area contributed by atoms with Crippen LogP contribution in [0, 0.1) is 0 Å². The van der Waals surface area contributed by atoms with Gasteiger partial charge in [-0.1, -0.05) is 50.2 Å². The summed E-state index contributed by atoms with van der Waals surface area (Å²) in [5.41, 5.74) is 2.91. The van der Waals surface area contributed by atoms with E-state index in [1.165, 1.54) is 21.9 Å². The van der Waals surface area contributed by atoms with Gasteiger partial charge in [-0.25, -0.2) is 0 Å². The van der Waals surface area contributed by atoms with Crippen LogP contribution in [-0.4, -0.2) is 0 Å². The molecule has 0 aliphatic carbocycles. The van der Waals surface area contributed by atoms with Crippen LogP contribution in [-0.2, 0) is 12.8 Å². The van der Waals surface area contributed by atoms with E-state index in [-0.39, 0.29) is 0 Å². The molecule has 0 unspecified atom stereocenters. The van der Waals surface area contributed by atoms with Crippen molar-refractivity contribution in [1.82, 2.24) is 0 Å². The second-order valence-electron chi connectivity index (χ2n) is 3.64. The van der Waals surface area contributed by atoms with Crippen LogP contribution in [0.3, 0.4) is 0 Å². The van der Waals surface area contributed by atoms with Gasteiger partial charge in [0.1, 0.15) is 0 Å². The summed E-state index contributed by atoms with van der Waals surface area (Å²) in [4.78, 5) is 0. The van der Waals surface area contributed by atoms with Gasteiger partial charge in [0, 0.05) is 0 Å². The van der Waals surface area contributed by atoms with Gasteiger partial charge < -0.3 is 0 Å². The highest BCUT2D eigenvalue weighted by Gasteiger charge is 2.01. The van der Waals surface area contributed by atoms with Crippen molar-refractivity contribution in [1.29, 1.82) is 0 Å².